The molecule has 0 N–H and O–H groups in total. The van der Waals surface area contributed by atoms with Crippen molar-refractivity contribution in [3.8, 4) is 0 Å². The van der Waals surface area contributed by atoms with Crippen LogP contribution in [0.4, 0.5) is 0 Å². The van der Waals surface area contributed by atoms with Crippen LogP contribution < -0.4 is 0 Å². The van der Waals surface area contributed by atoms with Crippen LogP contribution in [0.3, 0.4) is 0 Å². The van der Waals surface area contributed by atoms with Crippen molar-refractivity contribution in [2.75, 3.05) is 0 Å². The lowest BCUT2D eigenvalue weighted by molar-refractivity contribution is 0.695. The normalized spacial score (nSPS) is 12.7. The maximum atomic E-state index is 3.70. The molecule has 0 aliphatic heterocycles. The summed E-state index contributed by atoms with van der Waals surface area (Å²) < 4.78 is 0. The number of unbranched alkanes of at least 4 members (excludes halogenated alkanes) is 4. The van der Waals surface area contributed by atoms with Gasteiger partial charge in [0, 0.05) is 0 Å². The van der Waals surface area contributed by atoms with Crippen molar-refractivity contribution in [1.29, 1.82) is 0 Å². The van der Waals surface area contributed by atoms with Crippen LogP contribution >= 0.6 is 0 Å². The summed E-state index contributed by atoms with van der Waals surface area (Å²) in [5, 5.41) is 0. The molecule has 0 aliphatic carbocycles. The van der Waals surface area contributed by atoms with E-state index in [1.807, 2.05) is 6.08 Å². The summed E-state index contributed by atoms with van der Waals surface area (Å²) in [5.41, 5.74) is 0. The third kappa shape index (κ3) is 20.4. The zero-order chi connectivity index (χ0) is 16.8. The van der Waals surface area contributed by atoms with E-state index in [4.69, 9.17) is 0 Å². The van der Waals surface area contributed by atoms with E-state index in [-0.39, 0.29) is 0 Å². The van der Waals surface area contributed by atoms with Crippen LogP contribution in [0.5, 0.6) is 0 Å². The molecule has 0 spiro atoms. The van der Waals surface area contributed by atoms with Crippen molar-refractivity contribution in [2.45, 2.75) is 71.1 Å². The Morgan fingerprint density at radius 3 is 1.43 bits per heavy atom. The lowest BCUT2D eigenvalue weighted by atomic mass is 10.1. The van der Waals surface area contributed by atoms with Crippen LogP contribution in [-0.4, -0.2) is 0 Å². The minimum absolute atomic E-state index is 0.979. The Hall–Kier alpha value is -1.56. The van der Waals surface area contributed by atoms with Crippen LogP contribution in [0.25, 0.3) is 0 Å². The van der Waals surface area contributed by atoms with Crippen LogP contribution in [0.2, 0.25) is 0 Å². The lowest BCUT2D eigenvalue weighted by Crippen LogP contribution is -1.75. The predicted molar refractivity (Wildman–Crippen MR) is 108 cm³/mol. The van der Waals surface area contributed by atoms with Crippen molar-refractivity contribution < 1.29 is 0 Å². The Morgan fingerprint density at radius 1 is 0.522 bits per heavy atom. The van der Waals surface area contributed by atoms with E-state index in [0.717, 1.165) is 32.1 Å². The van der Waals surface area contributed by atoms with Gasteiger partial charge in [-0.3, -0.25) is 0 Å². The molecule has 0 rings (SSSR count). The molecular weight excluding hydrogens is 276 g/mol. The highest BCUT2D eigenvalue weighted by molar-refractivity contribution is 4.97. The van der Waals surface area contributed by atoms with Crippen molar-refractivity contribution in [3.63, 3.8) is 0 Å². The molecule has 0 bridgehead atoms. The molecule has 0 unspecified atom stereocenters. The van der Waals surface area contributed by atoms with Gasteiger partial charge in [0.25, 0.3) is 0 Å². The number of allylic oxidation sites excluding steroid dienone is 11. The van der Waals surface area contributed by atoms with Crippen LogP contribution in [0.1, 0.15) is 71.1 Å². The fourth-order valence-electron chi connectivity index (χ4n) is 2.11. The second kappa shape index (κ2) is 20.4. The molecular formula is C23H36. The largest absolute Gasteiger partial charge is 0.103 e. The van der Waals surface area contributed by atoms with E-state index >= 15 is 0 Å². The molecule has 128 valence electrons. The third-order valence-electron chi connectivity index (χ3n) is 3.43. The van der Waals surface area contributed by atoms with Gasteiger partial charge < -0.3 is 0 Å². The standard InChI is InChI=1S/C23H36/c1-3-5-7-9-11-13-15-17-19-21-23-22-20-18-16-14-12-10-8-6-4-2/h3,6-9,12-15,18,20H,1,4-5,10-11,16-17,19,21-23H2,2H3. The number of hydrogen-bond donors (Lipinski definition) is 0. The molecule has 0 nitrogen and oxygen atoms in total. The average molecular weight is 313 g/mol. The first kappa shape index (κ1) is 21.4. The quantitative estimate of drug-likeness (QED) is 0.213. The van der Waals surface area contributed by atoms with Gasteiger partial charge in [0.05, 0.1) is 0 Å². The fourth-order valence-corrected chi connectivity index (χ4v) is 2.11. The summed E-state index contributed by atoms with van der Waals surface area (Å²) in [6, 6.07) is 0. The van der Waals surface area contributed by atoms with Gasteiger partial charge in [-0.05, 0) is 57.8 Å². The molecule has 0 aromatic rings. The molecule has 0 radical (unpaired) electrons. The minimum Gasteiger partial charge on any atom is -0.103 e. The molecule has 0 aromatic heterocycles. The van der Waals surface area contributed by atoms with Gasteiger partial charge in [-0.25, -0.2) is 0 Å². The Morgan fingerprint density at radius 2 is 0.957 bits per heavy atom. The van der Waals surface area contributed by atoms with Crippen LogP contribution in [-0.2, 0) is 0 Å². The first-order valence-electron chi connectivity index (χ1n) is 9.27. The van der Waals surface area contributed by atoms with E-state index in [2.05, 4.69) is 74.3 Å². The molecule has 0 fully saturated rings. The zero-order valence-electron chi connectivity index (χ0n) is 15.1. The topological polar surface area (TPSA) is 0 Å². The molecule has 0 aromatic carbocycles. The van der Waals surface area contributed by atoms with Gasteiger partial charge in [0.1, 0.15) is 0 Å². The maximum Gasteiger partial charge on any atom is -0.0169 e. The highest BCUT2D eigenvalue weighted by Gasteiger charge is 1.85. The first-order valence-corrected chi connectivity index (χ1v) is 9.27. The van der Waals surface area contributed by atoms with Crippen molar-refractivity contribution in [1.82, 2.24) is 0 Å². The lowest BCUT2D eigenvalue weighted by Gasteiger charge is -1.95. The first-order chi connectivity index (χ1) is 11.4. The van der Waals surface area contributed by atoms with Crippen molar-refractivity contribution in [3.05, 3.63) is 73.4 Å². The molecule has 0 amide bonds. The summed E-state index contributed by atoms with van der Waals surface area (Å²) >= 11 is 0. The van der Waals surface area contributed by atoms with Crippen LogP contribution in [0, 0.1) is 0 Å². The second-order valence-electron chi connectivity index (χ2n) is 5.63. The van der Waals surface area contributed by atoms with E-state index in [1.165, 1.54) is 32.1 Å². The summed E-state index contributed by atoms with van der Waals surface area (Å²) in [5.74, 6) is 0. The summed E-state index contributed by atoms with van der Waals surface area (Å²) in [4.78, 5) is 0. The summed E-state index contributed by atoms with van der Waals surface area (Å²) in [7, 11) is 0. The SMILES string of the molecule is C=CCC=CCC=CCCCCCC=CCC=CCC=CCC. The van der Waals surface area contributed by atoms with E-state index < -0.39 is 0 Å². The summed E-state index contributed by atoms with van der Waals surface area (Å²) in [6.07, 6.45) is 36.1. The van der Waals surface area contributed by atoms with Crippen molar-refractivity contribution in [2.24, 2.45) is 0 Å². The minimum atomic E-state index is 0.979. The monoisotopic (exact) mass is 312 g/mol. The van der Waals surface area contributed by atoms with Gasteiger partial charge in [-0.2, -0.15) is 0 Å². The Bertz CT molecular complexity index is 377. The molecule has 0 heteroatoms. The number of rotatable bonds is 15. The molecule has 0 saturated heterocycles. The molecule has 23 heavy (non-hydrogen) atoms. The predicted octanol–water partition coefficient (Wildman–Crippen LogP) is 7.87. The number of hydrogen-bond acceptors (Lipinski definition) is 0. The third-order valence-corrected chi connectivity index (χ3v) is 3.43. The Balaban J connectivity index is 3.32. The molecule has 0 atom stereocenters. The molecule has 0 aliphatic rings. The smallest absolute Gasteiger partial charge is 0.0169 e. The van der Waals surface area contributed by atoms with Crippen molar-refractivity contribution >= 4 is 0 Å². The Kier molecular flexibility index (Phi) is 19.1. The second-order valence-corrected chi connectivity index (χ2v) is 5.63. The highest BCUT2D eigenvalue weighted by atomic mass is 13.9. The van der Waals surface area contributed by atoms with Gasteiger partial charge in [-0.15, -0.1) is 6.58 Å². The highest BCUT2D eigenvalue weighted by Crippen LogP contribution is 2.05. The zero-order valence-corrected chi connectivity index (χ0v) is 15.1. The summed E-state index contributed by atoms with van der Waals surface area (Å²) in [6.45, 7) is 5.87. The van der Waals surface area contributed by atoms with E-state index in [9.17, 15) is 0 Å². The Labute approximate surface area is 145 Å². The average Bonchev–Trinajstić information content (AvgIpc) is 2.57. The van der Waals surface area contributed by atoms with Gasteiger partial charge in [0.2, 0.25) is 0 Å². The molecule has 0 heterocycles. The van der Waals surface area contributed by atoms with E-state index in [1.54, 1.807) is 0 Å². The maximum absolute atomic E-state index is 3.70. The van der Waals surface area contributed by atoms with Gasteiger partial charge in [0.15, 0.2) is 0 Å². The van der Waals surface area contributed by atoms with Gasteiger partial charge >= 0.3 is 0 Å². The fraction of sp³-hybridized carbons (Fsp3) is 0.478. The molecule has 0 saturated carbocycles. The van der Waals surface area contributed by atoms with Gasteiger partial charge in [-0.1, -0.05) is 80.2 Å². The van der Waals surface area contributed by atoms with E-state index in [0.29, 0.717) is 0 Å². The van der Waals surface area contributed by atoms with Crippen LogP contribution in [0.15, 0.2) is 73.4 Å².